The van der Waals surface area contributed by atoms with Crippen LogP contribution >= 0.6 is 11.8 Å². The predicted molar refractivity (Wildman–Crippen MR) is 67.3 cm³/mol. The summed E-state index contributed by atoms with van der Waals surface area (Å²) in [6.07, 6.45) is 1.81. The number of hydrogen-bond acceptors (Lipinski definition) is 3. The smallest absolute Gasteiger partial charge is 0.356 e. The molecule has 1 N–H and O–H groups in total. The van der Waals surface area contributed by atoms with E-state index in [4.69, 9.17) is 5.11 Å². The molecular formula is C12H11FN2O2S. The standard InChI is InChI=1S/C12H11FN2O2S/c1-15-10(7-4-3-5-8(13)6-7)9(11(16)17)14-12(15)18-2/h3-6H,1-2H3,(H,16,17). The molecule has 6 heteroatoms. The molecule has 0 saturated heterocycles. The van der Waals surface area contributed by atoms with Crippen LogP contribution in [0.1, 0.15) is 10.5 Å². The molecule has 0 aliphatic rings. The molecule has 0 aliphatic heterocycles. The first-order valence-corrected chi connectivity index (χ1v) is 6.37. The van der Waals surface area contributed by atoms with Gasteiger partial charge in [0.05, 0.1) is 5.69 Å². The first-order valence-electron chi connectivity index (χ1n) is 5.14. The van der Waals surface area contributed by atoms with Crippen molar-refractivity contribution in [3.8, 4) is 11.3 Å². The second kappa shape index (κ2) is 4.81. The van der Waals surface area contributed by atoms with Gasteiger partial charge in [-0.3, -0.25) is 0 Å². The number of hydrogen-bond donors (Lipinski definition) is 1. The Morgan fingerprint density at radius 1 is 1.50 bits per heavy atom. The Bertz CT molecular complexity index is 610. The summed E-state index contributed by atoms with van der Waals surface area (Å²) in [5.41, 5.74) is 0.849. The number of rotatable bonds is 3. The number of nitrogens with zero attached hydrogens (tertiary/aromatic N) is 2. The van der Waals surface area contributed by atoms with Crippen LogP contribution in [-0.4, -0.2) is 26.9 Å². The molecule has 0 saturated carbocycles. The zero-order valence-electron chi connectivity index (χ0n) is 9.85. The Labute approximate surface area is 107 Å². The molecule has 0 aliphatic carbocycles. The molecule has 94 valence electrons. The number of carboxylic acid groups (broad SMARTS) is 1. The molecular weight excluding hydrogens is 255 g/mol. The maximum absolute atomic E-state index is 13.2. The number of aromatic nitrogens is 2. The second-order valence-electron chi connectivity index (χ2n) is 3.67. The van der Waals surface area contributed by atoms with Gasteiger partial charge in [0.25, 0.3) is 0 Å². The van der Waals surface area contributed by atoms with Gasteiger partial charge in [0.15, 0.2) is 10.9 Å². The molecule has 18 heavy (non-hydrogen) atoms. The van der Waals surface area contributed by atoms with E-state index < -0.39 is 11.8 Å². The van der Waals surface area contributed by atoms with Crippen molar-refractivity contribution in [3.05, 3.63) is 35.8 Å². The van der Waals surface area contributed by atoms with Gasteiger partial charge in [0, 0.05) is 12.6 Å². The lowest BCUT2D eigenvalue weighted by molar-refractivity contribution is 0.0691. The maximum atomic E-state index is 13.2. The second-order valence-corrected chi connectivity index (χ2v) is 4.44. The molecule has 2 aromatic rings. The summed E-state index contributed by atoms with van der Waals surface area (Å²) in [6.45, 7) is 0. The average molecular weight is 266 g/mol. The van der Waals surface area contributed by atoms with Crippen molar-refractivity contribution in [1.82, 2.24) is 9.55 Å². The van der Waals surface area contributed by atoms with Crippen molar-refractivity contribution >= 4 is 17.7 Å². The van der Waals surface area contributed by atoms with Crippen LogP contribution in [0.15, 0.2) is 29.4 Å². The predicted octanol–water partition coefficient (Wildman–Crippen LogP) is 2.65. The van der Waals surface area contributed by atoms with Gasteiger partial charge in [-0.15, -0.1) is 0 Å². The highest BCUT2D eigenvalue weighted by Crippen LogP contribution is 2.28. The lowest BCUT2D eigenvalue weighted by atomic mass is 10.1. The summed E-state index contributed by atoms with van der Waals surface area (Å²) in [5, 5.41) is 9.73. The van der Waals surface area contributed by atoms with Crippen LogP contribution in [0.4, 0.5) is 4.39 Å². The fourth-order valence-corrected chi connectivity index (χ4v) is 2.32. The highest BCUT2D eigenvalue weighted by Gasteiger charge is 2.21. The van der Waals surface area contributed by atoms with Crippen LogP contribution in [0.3, 0.4) is 0 Å². The Kier molecular flexibility index (Phi) is 3.38. The fraction of sp³-hybridized carbons (Fsp3) is 0.167. The number of benzene rings is 1. The highest BCUT2D eigenvalue weighted by molar-refractivity contribution is 7.98. The third-order valence-electron chi connectivity index (χ3n) is 2.54. The summed E-state index contributed by atoms with van der Waals surface area (Å²) in [7, 11) is 1.71. The van der Waals surface area contributed by atoms with Crippen LogP contribution in [0.2, 0.25) is 0 Å². The summed E-state index contributed by atoms with van der Waals surface area (Å²) in [5.74, 6) is -1.53. The number of thioether (sulfide) groups is 1. The molecule has 0 spiro atoms. The Hall–Kier alpha value is -1.82. The first kappa shape index (κ1) is 12.6. The van der Waals surface area contributed by atoms with E-state index in [1.54, 1.807) is 23.7 Å². The number of imidazole rings is 1. The van der Waals surface area contributed by atoms with E-state index in [9.17, 15) is 9.18 Å². The number of carbonyl (C=O) groups is 1. The van der Waals surface area contributed by atoms with Gasteiger partial charge in [0.1, 0.15) is 5.82 Å². The van der Waals surface area contributed by atoms with Crippen molar-refractivity contribution in [2.24, 2.45) is 7.05 Å². The number of halogens is 1. The van der Waals surface area contributed by atoms with Gasteiger partial charge in [0.2, 0.25) is 0 Å². The Morgan fingerprint density at radius 3 is 2.78 bits per heavy atom. The average Bonchev–Trinajstić information content (AvgIpc) is 2.66. The van der Waals surface area contributed by atoms with Crippen molar-refractivity contribution < 1.29 is 14.3 Å². The van der Waals surface area contributed by atoms with Gasteiger partial charge < -0.3 is 9.67 Å². The van der Waals surface area contributed by atoms with Crippen LogP contribution in [0, 0.1) is 5.82 Å². The van der Waals surface area contributed by atoms with E-state index in [0.29, 0.717) is 16.4 Å². The van der Waals surface area contributed by atoms with Crippen molar-refractivity contribution in [1.29, 1.82) is 0 Å². The van der Waals surface area contributed by atoms with Crippen molar-refractivity contribution in [3.63, 3.8) is 0 Å². The van der Waals surface area contributed by atoms with Gasteiger partial charge in [-0.25, -0.2) is 14.2 Å². The maximum Gasteiger partial charge on any atom is 0.356 e. The zero-order valence-corrected chi connectivity index (χ0v) is 10.7. The molecule has 0 unspecified atom stereocenters. The molecule has 2 rings (SSSR count). The molecule has 0 fully saturated rings. The minimum atomic E-state index is -1.12. The molecule has 0 atom stereocenters. The quantitative estimate of drug-likeness (QED) is 0.868. The molecule has 1 aromatic heterocycles. The van der Waals surface area contributed by atoms with Gasteiger partial charge >= 0.3 is 5.97 Å². The SMILES string of the molecule is CSc1nc(C(=O)O)c(-c2cccc(F)c2)n1C. The van der Waals surface area contributed by atoms with Gasteiger partial charge in [-0.05, 0) is 18.4 Å². The summed E-state index contributed by atoms with van der Waals surface area (Å²) >= 11 is 1.34. The van der Waals surface area contributed by atoms with Crippen molar-refractivity contribution in [2.75, 3.05) is 6.26 Å². The van der Waals surface area contributed by atoms with E-state index in [1.165, 1.54) is 23.9 Å². The van der Waals surface area contributed by atoms with Gasteiger partial charge in [-0.2, -0.15) is 0 Å². The molecule has 4 nitrogen and oxygen atoms in total. The van der Waals surface area contributed by atoms with E-state index in [0.717, 1.165) is 0 Å². The van der Waals surface area contributed by atoms with Crippen molar-refractivity contribution in [2.45, 2.75) is 5.16 Å². The van der Waals surface area contributed by atoms with Crippen LogP contribution < -0.4 is 0 Å². The topological polar surface area (TPSA) is 55.1 Å². The van der Waals surface area contributed by atoms with Crippen LogP contribution in [0.25, 0.3) is 11.3 Å². The van der Waals surface area contributed by atoms with Gasteiger partial charge in [-0.1, -0.05) is 23.9 Å². The van der Waals surface area contributed by atoms with Crippen LogP contribution in [0.5, 0.6) is 0 Å². The van der Waals surface area contributed by atoms with E-state index in [1.807, 2.05) is 6.26 Å². The van der Waals surface area contributed by atoms with E-state index in [2.05, 4.69) is 4.98 Å². The van der Waals surface area contributed by atoms with E-state index >= 15 is 0 Å². The normalized spacial score (nSPS) is 10.6. The lowest BCUT2D eigenvalue weighted by Gasteiger charge is -2.05. The fourth-order valence-electron chi connectivity index (χ4n) is 1.78. The zero-order chi connectivity index (χ0) is 13.3. The largest absolute Gasteiger partial charge is 0.476 e. The molecule has 0 bridgehead atoms. The minimum absolute atomic E-state index is 0.0625. The third-order valence-corrected chi connectivity index (χ3v) is 3.27. The number of aromatic carboxylic acids is 1. The molecule has 1 heterocycles. The lowest BCUT2D eigenvalue weighted by Crippen LogP contribution is -2.01. The molecule has 1 aromatic carbocycles. The monoisotopic (exact) mass is 266 g/mol. The number of carboxylic acids is 1. The summed E-state index contributed by atoms with van der Waals surface area (Å²) < 4.78 is 14.9. The third kappa shape index (κ3) is 2.11. The van der Waals surface area contributed by atoms with E-state index in [-0.39, 0.29) is 5.69 Å². The summed E-state index contributed by atoms with van der Waals surface area (Å²) in [4.78, 5) is 15.2. The summed E-state index contributed by atoms with van der Waals surface area (Å²) in [6, 6.07) is 5.82. The Morgan fingerprint density at radius 2 is 2.22 bits per heavy atom. The molecule has 0 amide bonds. The minimum Gasteiger partial charge on any atom is -0.476 e. The Balaban J connectivity index is 2.69. The molecule has 0 radical (unpaired) electrons. The first-order chi connectivity index (χ1) is 8.54. The highest BCUT2D eigenvalue weighted by atomic mass is 32.2. The van der Waals surface area contributed by atoms with Crippen LogP contribution in [-0.2, 0) is 7.05 Å².